The molecule has 0 spiro atoms. The number of carbonyl (C=O) groups excluding carboxylic acids is 1. The Morgan fingerprint density at radius 3 is 2.94 bits per heavy atom. The lowest BCUT2D eigenvalue weighted by Gasteiger charge is -2.03. The second-order valence-electron chi connectivity index (χ2n) is 3.06. The molecule has 0 unspecified atom stereocenters. The summed E-state index contributed by atoms with van der Waals surface area (Å²) in [6.45, 7) is 1.90. The van der Waals surface area contributed by atoms with E-state index < -0.39 is 6.03 Å². The smallest absolute Gasteiger partial charge is 0.345 e. The number of hydrazone groups is 1. The van der Waals surface area contributed by atoms with Gasteiger partial charge in [0.05, 0.1) is 11.2 Å². The monoisotopic (exact) mass is 307 g/mol. The summed E-state index contributed by atoms with van der Waals surface area (Å²) in [5.41, 5.74) is 2.55. The van der Waals surface area contributed by atoms with Crippen molar-refractivity contribution < 1.29 is 9.90 Å². The van der Waals surface area contributed by atoms with E-state index in [1.807, 2.05) is 6.92 Å². The van der Waals surface area contributed by atoms with Gasteiger partial charge in [-0.05, 0) is 24.1 Å². The van der Waals surface area contributed by atoms with Gasteiger partial charge in [0.2, 0.25) is 0 Å². The van der Waals surface area contributed by atoms with E-state index in [1.54, 1.807) is 0 Å². The molecule has 0 aliphatic rings. The first-order valence-electron chi connectivity index (χ1n) is 4.93. The van der Waals surface area contributed by atoms with Gasteiger partial charge in [0.15, 0.2) is 0 Å². The van der Waals surface area contributed by atoms with Crippen LogP contribution >= 0.6 is 35.1 Å². The van der Waals surface area contributed by atoms with Gasteiger partial charge in [-0.2, -0.15) is 5.10 Å². The van der Waals surface area contributed by atoms with Crippen LogP contribution in [0.25, 0.3) is 0 Å². The SMILES string of the molecule is CCSNC(=O)N/N=C/c1cc(Cl)cc(Cl)c1O. The number of nitrogens with zero attached hydrogens (tertiary/aromatic N) is 1. The first-order valence-corrected chi connectivity index (χ1v) is 6.67. The van der Waals surface area contributed by atoms with Crippen molar-refractivity contribution in [2.24, 2.45) is 5.10 Å². The molecule has 0 fully saturated rings. The Labute approximate surface area is 119 Å². The van der Waals surface area contributed by atoms with E-state index in [2.05, 4.69) is 15.2 Å². The molecule has 0 aromatic heterocycles. The van der Waals surface area contributed by atoms with E-state index in [0.717, 1.165) is 5.75 Å². The van der Waals surface area contributed by atoms with Crippen molar-refractivity contribution in [3.05, 3.63) is 27.7 Å². The van der Waals surface area contributed by atoms with Gasteiger partial charge >= 0.3 is 6.03 Å². The van der Waals surface area contributed by atoms with Crippen molar-refractivity contribution in [3.63, 3.8) is 0 Å². The van der Waals surface area contributed by atoms with E-state index >= 15 is 0 Å². The predicted molar refractivity (Wildman–Crippen MR) is 75.5 cm³/mol. The molecule has 98 valence electrons. The Morgan fingerprint density at radius 1 is 1.56 bits per heavy atom. The Balaban J connectivity index is 2.65. The topological polar surface area (TPSA) is 73.7 Å². The second-order valence-corrected chi connectivity index (χ2v) is 4.97. The number of carbonyl (C=O) groups is 1. The number of phenols is 1. The van der Waals surface area contributed by atoms with Gasteiger partial charge in [0, 0.05) is 16.3 Å². The third-order valence-corrected chi connectivity index (χ3v) is 2.86. The van der Waals surface area contributed by atoms with Crippen molar-refractivity contribution in [1.82, 2.24) is 10.1 Å². The highest BCUT2D eigenvalue weighted by Crippen LogP contribution is 2.29. The lowest BCUT2D eigenvalue weighted by Crippen LogP contribution is -2.27. The molecule has 18 heavy (non-hydrogen) atoms. The summed E-state index contributed by atoms with van der Waals surface area (Å²) in [7, 11) is 0. The molecule has 3 N–H and O–H groups in total. The molecule has 1 rings (SSSR count). The summed E-state index contributed by atoms with van der Waals surface area (Å²) in [6.07, 6.45) is 1.25. The third kappa shape index (κ3) is 4.64. The summed E-state index contributed by atoms with van der Waals surface area (Å²) < 4.78 is 2.49. The number of aromatic hydroxyl groups is 1. The van der Waals surface area contributed by atoms with Crippen LogP contribution in [0.3, 0.4) is 0 Å². The van der Waals surface area contributed by atoms with Gasteiger partial charge in [-0.3, -0.25) is 4.72 Å². The van der Waals surface area contributed by atoms with Gasteiger partial charge in [-0.15, -0.1) is 0 Å². The quantitative estimate of drug-likeness (QED) is 0.455. The molecule has 0 aliphatic heterocycles. The van der Waals surface area contributed by atoms with Crippen LogP contribution in [-0.4, -0.2) is 23.1 Å². The molecule has 0 heterocycles. The molecule has 1 aromatic rings. The Morgan fingerprint density at radius 2 is 2.28 bits per heavy atom. The molecule has 0 saturated heterocycles. The molecule has 0 bridgehead atoms. The standard InChI is InChI=1S/C10H11Cl2N3O2S/c1-2-18-15-10(17)14-13-5-6-3-7(11)4-8(12)9(6)16/h3-5,16H,2H2,1H3,(H2,14,15,17)/b13-5+. The molecular weight excluding hydrogens is 297 g/mol. The van der Waals surface area contributed by atoms with Gasteiger partial charge in [0.1, 0.15) is 5.75 Å². The van der Waals surface area contributed by atoms with E-state index in [9.17, 15) is 9.90 Å². The number of rotatable bonds is 4. The zero-order valence-corrected chi connectivity index (χ0v) is 11.7. The first kappa shape index (κ1) is 14.9. The molecule has 1 aromatic carbocycles. The van der Waals surface area contributed by atoms with Gasteiger partial charge in [0.25, 0.3) is 0 Å². The zero-order chi connectivity index (χ0) is 13.5. The minimum Gasteiger partial charge on any atom is -0.506 e. The molecule has 8 heteroatoms. The Hall–Kier alpha value is -1.11. The molecule has 0 atom stereocenters. The van der Waals surface area contributed by atoms with Crippen LogP contribution in [0.4, 0.5) is 4.79 Å². The van der Waals surface area contributed by atoms with Crippen LogP contribution in [0, 0.1) is 0 Å². The lowest BCUT2D eigenvalue weighted by molar-refractivity contribution is 0.247. The van der Waals surface area contributed by atoms with Crippen molar-refractivity contribution >= 4 is 47.4 Å². The molecule has 0 aliphatic carbocycles. The van der Waals surface area contributed by atoms with E-state index in [1.165, 1.54) is 30.3 Å². The van der Waals surface area contributed by atoms with E-state index in [-0.39, 0.29) is 10.8 Å². The lowest BCUT2D eigenvalue weighted by atomic mass is 10.2. The number of amides is 2. The Bertz CT molecular complexity index is 469. The van der Waals surface area contributed by atoms with Crippen LogP contribution < -0.4 is 10.1 Å². The average molecular weight is 308 g/mol. The number of halogens is 2. The van der Waals surface area contributed by atoms with Crippen LogP contribution in [0.2, 0.25) is 10.0 Å². The molecular formula is C10H11Cl2N3O2S. The highest BCUT2D eigenvalue weighted by Gasteiger charge is 2.06. The highest BCUT2D eigenvalue weighted by molar-refractivity contribution is 7.97. The summed E-state index contributed by atoms with van der Waals surface area (Å²) in [5, 5.41) is 13.8. The largest absolute Gasteiger partial charge is 0.506 e. The van der Waals surface area contributed by atoms with Crippen LogP contribution in [0.1, 0.15) is 12.5 Å². The maximum absolute atomic E-state index is 11.1. The number of urea groups is 1. The van der Waals surface area contributed by atoms with Crippen LogP contribution in [0.15, 0.2) is 17.2 Å². The first-order chi connectivity index (χ1) is 8.54. The molecule has 0 radical (unpaired) electrons. The van der Waals surface area contributed by atoms with Gasteiger partial charge in [-0.25, -0.2) is 10.2 Å². The average Bonchev–Trinajstić information content (AvgIpc) is 2.32. The van der Waals surface area contributed by atoms with E-state index in [4.69, 9.17) is 23.2 Å². The van der Waals surface area contributed by atoms with Crippen LogP contribution in [0.5, 0.6) is 5.75 Å². The maximum Gasteiger partial charge on any atom is 0.345 e. The second kappa shape index (κ2) is 7.35. The normalized spacial score (nSPS) is 10.6. The number of hydrogen-bond acceptors (Lipinski definition) is 4. The van der Waals surface area contributed by atoms with Crippen LogP contribution in [-0.2, 0) is 0 Å². The maximum atomic E-state index is 11.1. The fourth-order valence-electron chi connectivity index (χ4n) is 1.01. The molecule has 0 saturated carbocycles. The van der Waals surface area contributed by atoms with Crippen molar-refractivity contribution in [1.29, 1.82) is 0 Å². The van der Waals surface area contributed by atoms with Crippen molar-refractivity contribution in [2.75, 3.05) is 5.75 Å². The fourth-order valence-corrected chi connectivity index (χ4v) is 1.84. The van der Waals surface area contributed by atoms with Gasteiger partial charge < -0.3 is 5.11 Å². The highest BCUT2D eigenvalue weighted by atomic mass is 35.5. The number of benzene rings is 1. The number of hydrogen-bond donors (Lipinski definition) is 3. The fraction of sp³-hybridized carbons (Fsp3) is 0.200. The number of phenolic OH excluding ortho intramolecular Hbond substituents is 1. The number of nitrogens with one attached hydrogen (secondary N) is 2. The zero-order valence-electron chi connectivity index (χ0n) is 9.41. The molecule has 2 amide bonds. The minimum absolute atomic E-state index is 0.120. The third-order valence-electron chi connectivity index (χ3n) is 1.74. The van der Waals surface area contributed by atoms with Gasteiger partial charge in [-0.1, -0.05) is 30.1 Å². The van der Waals surface area contributed by atoms with Crippen molar-refractivity contribution in [3.8, 4) is 5.75 Å². The van der Waals surface area contributed by atoms with E-state index in [0.29, 0.717) is 10.6 Å². The predicted octanol–water partition coefficient (Wildman–Crippen LogP) is 3.00. The minimum atomic E-state index is -0.453. The summed E-state index contributed by atoms with van der Waals surface area (Å²) >= 11 is 12.7. The van der Waals surface area contributed by atoms with Crippen molar-refractivity contribution in [2.45, 2.75) is 6.92 Å². The summed E-state index contributed by atoms with van der Waals surface area (Å²) in [4.78, 5) is 11.1. The molecule has 5 nitrogen and oxygen atoms in total. The summed E-state index contributed by atoms with van der Waals surface area (Å²) in [6, 6.07) is 2.44. The summed E-state index contributed by atoms with van der Waals surface area (Å²) in [5.74, 6) is 0.608. The Kier molecular flexibility index (Phi) is 6.11.